The molecule has 0 saturated carbocycles. The summed E-state index contributed by atoms with van der Waals surface area (Å²) < 4.78 is 0. The number of amides is 1. The van der Waals surface area contributed by atoms with E-state index in [-0.39, 0.29) is 0 Å². The first-order chi connectivity index (χ1) is 6.83. The first-order valence-corrected chi connectivity index (χ1v) is 5.64. The van der Waals surface area contributed by atoms with Gasteiger partial charge in [0.05, 0.1) is 0 Å². The molecular formula is C11H25N3O. The summed E-state index contributed by atoms with van der Waals surface area (Å²) in [5.74, 6) is 0.179. The molecule has 0 radical (unpaired) electrons. The number of nitrogens with zero attached hydrogens (tertiary/aromatic N) is 1. The SMILES string of the molecule is CCC(C)CN(CC)CC(C)(N)C(N)=O. The molecule has 1 amide bonds. The maximum absolute atomic E-state index is 11.1. The van der Waals surface area contributed by atoms with E-state index >= 15 is 0 Å². The van der Waals surface area contributed by atoms with Crippen molar-refractivity contribution in [2.24, 2.45) is 17.4 Å². The summed E-state index contributed by atoms with van der Waals surface area (Å²) in [6.07, 6.45) is 1.13. The summed E-state index contributed by atoms with van der Waals surface area (Å²) in [6.45, 7) is 10.5. The number of likely N-dealkylation sites (N-methyl/N-ethyl adjacent to an activating group) is 1. The van der Waals surface area contributed by atoms with Crippen molar-refractivity contribution in [3.8, 4) is 0 Å². The molecule has 2 atom stereocenters. The molecule has 2 unspecified atom stereocenters. The van der Waals surface area contributed by atoms with Crippen molar-refractivity contribution in [3.05, 3.63) is 0 Å². The number of hydrogen-bond donors (Lipinski definition) is 2. The standard InChI is InChI=1S/C11H25N3O/c1-5-9(3)7-14(6-2)8-11(4,13)10(12)15/h9H,5-8,13H2,1-4H3,(H2,12,15). The van der Waals surface area contributed by atoms with E-state index < -0.39 is 11.4 Å². The van der Waals surface area contributed by atoms with E-state index in [9.17, 15) is 4.79 Å². The number of carbonyl (C=O) groups is 1. The summed E-state index contributed by atoms with van der Waals surface area (Å²) in [5, 5.41) is 0. The zero-order chi connectivity index (χ0) is 12.1. The summed E-state index contributed by atoms with van der Waals surface area (Å²) >= 11 is 0. The van der Waals surface area contributed by atoms with E-state index in [1.54, 1.807) is 6.92 Å². The Morgan fingerprint density at radius 2 is 2.00 bits per heavy atom. The Bertz CT molecular complexity index is 204. The molecular weight excluding hydrogens is 190 g/mol. The minimum Gasteiger partial charge on any atom is -0.368 e. The Morgan fingerprint density at radius 1 is 1.47 bits per heavy atom. The molecule has 0 rings (SSSR count). The Labute approximate surface area is 93.0 Å². The van der Waals surface area contributed by atoms with Gasteiger partial charge in [0, 0.05) is 13.1 Å². The van der Waals surface area contributed by atoms with Crippen LogP contribution in [0.4, 0.5) is 0 Å². The van der Waals surface area contributed by atoms with Crippen LogP contribution in [-0.2, 0) is 4.79 Å². The van der Waals surface area contributed by atoms with Crippen LogP contribution in [0.1, 0.15) is 34.1 Å². The number of primary amides is 1. The van der Waals surface area contributed by atoms with Crippen molar-refractivity contribution in [1.82, 2.24) is 4.90 Å². The quantitative estimate of drug-likeness (QED) is 0.651. The number of nitrogens with two attached hydrogens (primary N) is 2. The van der Waals surface area contributed by atoms with Crippen molar-refractivity contribution in [1.29, 1.82) is 0 Å². The summed E-state index contributed by atoms with van der Waals surface area (Å²) in [5.41, 5.74) is 10.2. The van der Waals surface area contributed by atoms with Crippen LogP contribution in [0.2, 0.25) is 0 Å². The van der Waals surface area contributed by atoms with Gasteiger partial charge < -0.3 is 16.4 Å². The number of carbonyl (C=O) groups excluding carboxylic acids is 1. The highest BCUT2D eigenvalue weighted by atomic mass is 16.1. The molecule has 0 aliphatic heterocycles. The molecule has 4 N–H and O–H groups in total. The van der Waals surface area contributed by atoms with Gasteiger partial charge in [-0.2, -0.15) is 0 Å². The van der Waals surface area contributed by atoms with Crippen LogP contribution < -0.4 is 11.5 Å². The fourth-order valence-electron chi connectivity index (χ4n) is 1.42. The summed E-state index contributed by atoms with van der Waals surface area (Å²) in [6, 6.07) is 0. The molecule has 0 heterocycles. The second-order valence-electron chi connectivity index (χ2n) is 4.62. The highest BCUT2D eigenvalue weighted by Gasteiger charge is 2.28. The zero-order valence-electron chi connectivity index (χ0n) is 10.4. The molecule has 0 aliphatic rings. The molecule has 0 aromatic rings. The predicted molar refractivity (Wildman–Crippen MR) is 63.4 cm³/mol. The maximum atomic E-state index is 11.1. The van der Waals surface area contributed by atoms with E-state index in [0.717, 1.165) is 19.5 Å². The highest BCUT2D eigenvalue weighted by molar-refractivity contribution is 5.84. The minimum atomic E-state index is -0.927. The lowest BCUT2D eigenvalue weighted by atomic mass is 10.0. The van der Waals surface area contributed by atoms with Crippen LogP contribution in [0.25, 0.3) is 0 Å². The van der Waals surface area contributed by atoms with E-state index in [1.807, 2.05) is 0 Å². The maximum Gasteiger partial charge on any atom is 0.238 e. The molecule has 15 heavy (non-hydrogen) atoms. The Kier molecular flexibility index (Phi) is 5.83. The van der Waals surface area contributed by atoms with Crippen molar-refractivity contribution < 1.29 is 4.79 Å². The average Bonchev–Trinajstić information content (AvgIpc) is 2.15. The van der Waals surface area contributed by atoms with Gasteiger partial charge in [0.1, 0.15) is 5.54 Å². The lowest BCUT2D eigenvalue weighted by Crippen LogP contribution is -2.57. The molecule has 0 fully saturated rings. The van der Waals surface area contributed by atoms with Gasteiger partial charge in [0.25, 0.3) is 0 Å². The van der Waals surface area contributed by atoms with E-state index in [1.165, 1.54) is 0 Å². The van der Waals surface area contributed by atoms with Crippen LogP contribution in [0.5, 0.6) is 0 Å². The van der Waals surface area contributed by atoms with Crippen LogP contribution >= 0.6 is 0 Å². The van der Waals surface area contributed by atoms with Crippen molar-refractivity contribution in [2.75, 3.05) is 19.6 Å². The van der Waals surface area contributed by atoms with Gasteiger partial charge in [0.15, 0.2) is 0 Å². The molecule has 0 spiro atoms. The molecule has 0 aliphatic carbocycles. The van der Waals surface area contributed by atoms with Crippen LogP contribution in [0.15, 0.2) is 0 Å². The molecule has 4 heteroatoms. The van der Waals surface area contributed by atoms with Crippen molar-refractivity contribution >= 4 is 5.91 Å². The summed E-state index contributed by atoms with van der Waals surface area (Å²) in [7, 11) is 0. The second kappa shape index (κ2) is 6.08. The third-order valence-electron chi connectivity index (χ3n) is 2.83. The van der Waals surface area contributed by atoms with Gasteiger partial charge in [-0.15, -0.1) is 0 Å². The number of hydrogen-bond acceptors (Lipinski definition) is 3. The Hall–Kier alpha value is -0.610. The van der Waals surface area contributed by atoms with Gasteiger partial charge >= 0.3 is 0 Å². The second-order valence-corrected chi connectivity index (χ2v) is 4.62. The lowest BCUT2D eigenvalue weighted by Gasteiger charge is -2.31. The molecule has 0 aromatic heterocycles. The Balaban J connectivity index is 4.26. The number of rotatable bonds is 7. The monoisotopic (exact) mass is 215 g/mol. The minimum absolute atomic E-state index is 0.440. The van der Waals surface area contributed by atoms with Crippen molar-refractivity contribution in [3.63, 3.8) is 0 Å². The first-order valence-electron chi connectivity index (χ1n) is 5.64. The molecule has 0 saturated heterocycles. The van der Waals surface area contributed by atoms with Gasteiger partial charge in [0.2, 0.25) is 5.91 Å². The third-order valence-corrected chi connectivity index (χ3v) is 2.83. The van der Waals surface area contributed by atoms with E-state index in [2.05, 4.69) is 25.7 Å². The van der Waals surface area contributed by atoms with Gasteiger partial charge in [-0.1, -0.05) is 27.2 Å². The molecule has 90 valence electrons. The average molecular weight is 215 g/mol. The first kappa shape index (κ1) is 14.4. The predicted octanol–water partition coefficient (Wildman–Crippen LogP) is 0.557. The van der Waals surface area contributed by atoms with Crippen molar-refractivity contribution in [2.45, 2.75) is 39.7 Å². The fourth-order valence-corrected chi connectivity index (χ4v) is 1.42. The van der Waals surface area contributed by atoms with Gasteiger partial charge in [-0.25, -0.2) is 0 Å². The zero-order valence-corrected chi connectivity index (χ0v) is 10.4. The smallest absolute Gasteiger partial charge is 0.238 e. The largest absolute Gasteiger partial charge is 0.368 e. The van der Waals surface area contributed by atoms with Gasteiger partial charge in [-0.3, -0.25) is 4.79 Å². The third kappa shape index (κ3) is 5.14. The van der Waals surface area contributed by atoms with Crippen LogP contribution in [0, 0.1) is 5.92 Å². The normalized spacial score (nSPS) is 17.5. The lowest BCUT2D eigenvalue weighted by molar-refractivity contribution is -0.123. The fraction of sp³-hybridized carbons (Fsp3) is 0.909. The van der Waals surface area contributed by atoms with E-state index in [0.29, 0.717) is 12.5 Å². The Morgan fingerprint density at radius 3 is 2.33 bits per heavy atom. The summed E-state index contributed by atoms with van der Waals surface area (Å²) in [4.78, 5) is 13.3. The van der Waals surface area contributed by atoms with Crippen LogP contribution in [-0.4, -0.2) is 36.0 Å². The molecule has 0 aromatic carbocycles. The topological polar surface area (TPSA) is 72.3 Å². The van der Waals surface area contributed by atoms with Gasteiger partial charge in [-0.05, 0) is 19.4 Å². The molecule has 4 nitrogen and oxygen atoms in total. The van der Waals surface area contributed by atoms with E-state index in [4.69, 9.17) is 11.5 Å². The van der Waals surface area contributed by atoms with Crippen LogP contribution in [0.3, 0.4) is 0 Å². The molecule has 0 bridgehead atoms. The highest BCUT2D eigenvalue weighted by Crippen LogP contribution is 2.08.